The predicted octanol–water partition coefficient (Wildman–Crippen LogP) is 12.9. The van der Waals surface area contributed by atoms with E-state index in [1.165, 1.54) is 88.3 Å². The zero-order valence-electron chi connectivity index (χ0n) is 36.1. The number of nitrogens with zero attached hydrogens (tertiary/aromatic N) is 4. The third-order valence-corrected chi connectivity index (χ3v) is 13.6. The molecular weight excluding hydrogens is 774 g/mol. The molecule has 64 heavy (non-hydrogen) atoms. The molecule has 0 saturated heterocycles. The number of anilines is 6. The van der Waals surface area contributed by atoms with Gasteiger partial charge in [0, 0.05) is 75.5 Å². The summed E-state index contributed by atoms with van der Waals surface area (Å²) in [5.74, 6) is 0. The lowest BCUT2D eigenvalue weighted by Crippen LogP contribution is -2.61. The van der Waals surface area contributed by atoms with Crippen molar-refractivity contribution in [1.29, 1.82) is 0 Å². The van der Waals surface area contributed by atoms with Gasteiger partial charge in [-0.15, -0.1) is 0 Å². The van der Waals surface area contributed by atoms with Crippen LogP contribution in [0.25, 0.3) is 55.0 Å². The monoisotopic (exact) mass is 817 g/mol. The molecule has 0 spiro atoms. The molecule has 4 nitrogen and oxygen atoms in total. The highest BCUT2D eigenvalue weighted by molar-refractivity contribution is 7.00. The second-order valence-corrected chi connectivity index (χ2v) is 18.2. The van der Waals surface area contributed by atoms with Gasteiger partial charge in [0.1, 0.15) is 0 Å². The van der Waals surface area contributed by atoms with Crippen molar-refractivity contribution in [3.63, 3.8) is 0 Å². The van der Waals surface area contributed by atoms with Crippen LogP contribution < -0.4 is 26.2 Å². The average Bonchev–Trinajstić information content (AvgIpc) is 3.84. The number of rotatable bonds is 4. The topological polar surface area (TPSA) is 16.3 Å². The maximum atomic E-state index is 2.52. The van der Waals surface area contributed by atoms with Crippen molar-refractivity contribution < 1.29 is 0 Å². The molecule has 13 rings (SSSR count). The fourth-order valence-corrected chi connectivity index (χ4v) is 10.8. The van der Waals surface area contributed by atoms with Gasteiger partial charge in [-0.1, -0.05) is 130 Å². The summed E-state index contributed by atoms with van der Waals surface area (Å²) in [7, 11) is 0. The standard InChI is InChI=1S/C58H43BN4.B/c1-58(2,3)38-36-55-57-56(37-38)63(42-34-30-40(31-35-42)61-51-24-12-6-18-45(51)46-19-7-13-25-52(46)61)54-27-15-9-21-48(54)59(57)47-20-8-14-26-53(47)62(55)41-32-28-39(29-33-41)60-49-22-10-4-16-43(49)44-17-5-11-23-50(44)60;/h4-37H,1-3H3;. The highest BCUT2D eigenvalue weighted by atomic mass is 15.2. The Bertz CT molecular complexity index is 3290. The van der Waals surface area contributed by atoms with Crippen LogP contribution in [0, 0.1) is 0 Å². The van der Waals surface area contributed by atoms with E-state index in [0.717, 1.165) is 22.7 Å². The smallest absolute Gasteiger partial charge is 0.252 e. The second kappa shape index (κ2) is 14.2. The summed E-state index contributed by atoms with van der Waals surface area (Å²) in [6.45, 7) is 7.07. The van der Waals surface area contributed by atoms with E-state index < -0.39 is 0 Å². The van der Waals surface area contributed by atoms with Gasteiger partial charge in [-0.2, -0.15) is 0 Å². The highest BCUT2D eigenvalue weighted by Gasteiger charge is 2.43. The van der Waals surface area contributed by atoms with Gasteiger partial charge < -0.3 is 18.9 Å². The fourth-order valence-electron chi connectivity index (χ4n) is 10.8. The summed E-state index contributed by atoms with van der Waals surface area (Å²) in [6, 6.07) is 76.4. The minimum Gasteiger partial charge on any atom is -0.311 e. The number of benzene rings is 9. The summed E-state index contributed by atoms with van der Waals surface area (Å²) in [5, 5.41) is 5.07. The van der Waals surface area contributed by atoms with Crippen LogP contribution in [0.5, 0.6) is 0 Å². The zero-order valence-corrected chi connectivity index (χ0v) is 36.1. The Kier molecular flexibility index (Phi) is 8.42. The van der Waals surface area contributed by atoms with Crippen molar-refractivity contribution >= 4 is 109 Å². The van der Waals surface area contributed by atoms with E-state index in [1.54, 1.807) is 0 Å². The van der Waals surface area contributed by atoms with Crippen molar-refractivity contribution in [2.24, 2.45) is 0 Å². The molecule has 2 aliphatic heterocycles. The second-order valence-electron chi connectivity index (χ2n) is 18.2. The van der Waals surface area contributed by atoms with E-state index in [4.69, 9.17) is 0 Å². The third kappa shape index (κ3) is 5.45. The van der Waals surface area contributed by atoms with Crippen molar-refractivity contribution in [3.8, 4) is 11.4 Å². The van der Waals surface area contributed by atoms with Crippen LogP contribution in [0.2, 0.25) is 0 Å². The Labute approximate surface area is 375 Å². The molecule has 0 N–H and O–H groups in total. The van der Waals surface area contributed by atoms with Crippen molar-refractivity contribution in [3.05, 3.63) is 212 Å². The van der Waals surface area contributed by atoms with Gasteiger partial charge in [0.05, 0.1) is 22.1 Å². The van der Waals surface area contributed by atoms with Crippen molar-refractivity contribution in [2.75, 3.05) is 9.80 Å². The molecule has 0 bridgehead atoms. The van der Waals surface area contributed by atoms with Crippen LogP contribution >= 0.6 is 0 Å². The van der Waals surface area contributed by atoms with E-state index in [1.807, 2.05) is 0 Å². The Morgan fingerprint density at radius 3 is 1.02 bits per heavy atom. The number of hydrogen-bond acceptors (Lipinski definition) is 2. The molecule has 2 aliphatic rings. The van der Waals surface area contributed by atoms with E-state index >= 15 is 0 Å². The van der Waals surface area contributed by atoms with Gasteiger partial charge in [0.25, 0.3) is 6.71 Å². The molecule has 0 fully saturated rings. The molecule has 301 valence electrons. The molecule has 9 aromatic carbocycles. The number of fused-ring (bicyclic) bond motifs is 10. The first kappa shape index (κ1) is 38.0. The van der Waals surface area contributed by atoms with E-state index in [0.29, 0.717) is 0 Å². The first-order valence-corrected chi connectivity index (χ1v) is 22.1. The third-order valence-electron chi connectivity index (χ3n) is 13.6. The molecule has 0 amide bonds. The van der Waals surface area contributed by atoms with E-state index in [9.17, 15) is 0 Å². The molecule has 0 unspecified atom stereocenters. The van der Waals surface area contributed by atoms with Gasteiger partial charge in [0.15, 0.2) is 0 Å². The van der Waals surface area contributed by atoms with Crippen LogP contribution in [0.15, 0.2) is 206 Å². The minimum atomic E-state index is -0.104. The predicted molar refractivity (Wildman–Crippen MR) is 274 cm³/mol. The summed E-state index contributed by atoms with van der Waals surface area (Å²) in [5.41, 5.74) is 19.5. The largest absolute Gasteiger partial charge is 0.311 e. The Hall–Kier alpha value is -7.69. The van der Waals surface area contributed by atoms with Gasteiger partial charge in [-0.3, -0.25) is 0 Å². The molecule has 0 aliphatic carbocycles. The lowest BCUT2D eigenvalue weighted by molar-refractivity contribution is 0.590. The minimum absolute atomic E-state index is 0. The van der Waals surface area contributed by atoms with Crippen LogP contribution in [0.1, 0.15) is 26.3 Å². The Morgan fingerprint density at radius 1 is 0.344 bits per heavy atom. The number of para-hydroxylation sites is 6. The first-order valence-electron chi connectivity index (χ1n) is 22.1. The van der Waals surface area contributed by atoms with Crippen molar-refractivity contribution in [2.45, 2.75) is 26.2 Å². The maximum absolute atomic E-state index is 2.52. The highest BCUT2D eigenvalue weighted by Crippen LogP contribution is 2.46. The quantitative estimate of drug-likeness (QED) is 0.165. The number of aromatic nitrogens is 2. The van der Waals surface area contributed by atoms with E-state index in [2.05, 4.69) is 246 Å². The summed E-state index contributed by atoms with van der Waals surface area (Å²) in [4.78, 5) is 5.04. The normalized spacial score (nSPS) is 13.0. The Morgan fingerprint density at radius 2 is 0.656 bits per heavy atom. The maximum Gasteiger partial charge on any atom is 0.252 e. The molecular formula is C58H43B2N4. The zero-order chi connectivity index (χ0) is 42.0. The lowest BCUT2D eigenvalue weighted by atomic mass is 9.33. The van der Waals surface area contributed by atoms with Crippen LogP contribution in [-0.4, -0.2) is 24.3 Å². The van der Waals surface area contributed by atoms with Crippen LogP contribution in [-0.2, 0) is 5.41 Å². The average molecular weight is 818 g/mol. The van der Waals surface area contributed by atoms with Gasteiger partial charge in [-0.25, -0.2) is 0 Å². The van der Waals surface area contributed by atoms with Crippen LogP contribution in [0.4, 0.5) is 34.1 Å². The van der Waals surface area contributed by atoms with Crippen molar-refractivity contribution in [1.82, 2.24) is 9.13 Å². The van der Waals surface area contributed by atoms with Gasteiger partial charge in [0.2, 0.25) is 0 Å². The number of hydrogen-bond donors (Lipinski definition) is 0. The molecule has 2 aromatic heterocycles. The van der Waals surface area contributed by atoms with E-state index in [-0.39, 0.29) is 20.5 Å². The summed E-state index contributed by atoms with van der Waals surface area (Å²) >= 11 is 0. The SMILES string of the molecule is CC(C)(C)c1cc2c3c(c1)N(c1ccc(-n4c5ccccc5c5ccccc54)cc1)c1ccccc1B3c1ccccc1N2c1ccc(-n2c3ccccc3c3ccccc32)cc1.[B]. The fraction of sp³-hybridized carbons (Fsp3) is 0.0690. The Balaban J connectivity index is 0.00000433. The summed E-state index contributed by atoms with van der Waals surface area (Å²) < 4.78 is 4.80. The molecule has 11 aromatic rings. The van der Waals surface area contributed by atoms with Gasteiger partial charge >= 0.3 is 0 Å². The first-order chi connectivity index (χ1) is 30.9. The van der Waals surface area contributed by atoms with Crippen LogP contribution in [0.3, 0.4) is 0 Å². The summed E-state index contributed by atoms with van der Waals surface area (Å²) in [6.07, 6.45) is 0. The molecule has 0 atom stereocenters. The molecule has 0 saturated carbocycles. The molecule has 6 heteroatoms. The molecule has 4 heterocycles. The molecule has 3 radical (unpaired) electrons. The lowest BCUT2D eigenvalue weighted by Gasteiger charge is -2.45. The van der Waals surface area contributed by atoms with Gasteiger partial charge in [-0.05, 0) is 124 Å².